The summed E-state index contributed by atoms with van der Waals surface area (Å²) >= 11 is 14.0. The number of rotatable bonds is 7. The van der Waals surface area contributed by atoms with Crippen LogP contribution < -0.4 is 19.6 Å². The minimum absolute atomic E-state index is 0.282. The molecule has 0 saturated heterocycles. The average Bonchev–Trinajstić information content (AvgIpc) is 3.16. The topological polar surface area (TPSA) is 69.9 Å². The molecule has 0 amide bonds. The van der Waals surface area contributed by atoms with Crippen LogP contribution in [0.15, 0.2) is 63.5 Å². The van der Waals surface area contributed by atoms with Gasteiger partial charge in [0.05, 0.1) is 40.6 Å². The normalized spacial score (nSPS) is 15.6. The largest absolute Gasteiger partial charge is 0.491 e. The van der Waals surface area contributed by atoms with Crippen molar-refractivity contribution < 1.29 is 14.3 Å². The maximum absolute atomic E-state index is 13.8. The molecule has 0 fully saturated rings. The molecule has 1 aliphatic heterocycles. The van der Waals surface area contributed by atoms with Crippen molar-refractivity contribution in [3.8, 4) is 5.75 Å². The van der Waals surface area contributed by atoms with Crippen molar-refractivity contribution in [3.05, 3.63) is 94.6 Å². The van der Waals surface area contributed by atoms with Gasteiger partial charge in [-0.1, -0.05) is 85.6 Å². The molecule has 0 spiro atoms. The molecule has 1 aromatic heterocycles. The summed E-state index contributed by atoms with van der Waals surface area (Å²) in [5.74, 6) is 0.236. The van der Waals surface area contributed by atoms with E-state index in [4.69, 9.17) is 32.7 Å². The van der Waals surface area contributed by atoms with Crippen LogP contribution in [-0.2, 0) is 9.53 Å². The second-order valence-corrected chi connectivity index (χ2v) is 10.6. The molecule has 0 saturated carbocycles. The van der Waals surface area contributed by atoms with Crippen LogP contribution in [0.3, 0.4) is 0 Å². The molecule has 2 heterocycles. The van der Waals surface area contributed by atoms with E-state index in [-0.39, 0.29) is 11.5 Å². The number of allylic oxidation sites excluding steroid dienone is 1. The standard InChI is InChI=1S/C27H26Cl2N2O4S/c1-5-20-22(26(33)34-4)23(16-9-7-6-8-10-16)31-25(32)21(36-27(31)30-20)12-17-11-18(28)13-19(29)24(17)35-14-15(2)3/h6-13,15,23H,5,14H2,1-4H3/b21-12+/t23-/m1/s1. The van der Waals surface area contributed by atoms with Gasteiger partial charge < -0.3 is 9.47 Å². The predicted octanol–water partition coefficient (Wildman–Crippen LogP) is 5.14. The average molecular weight is 545 g/mol. The molecule has 9 heteroatoms. The Morgan fingerprint density at radius 2 is 1.94 bits per heavy atom. The van der Waals surface area contributed by atoms with E-state index < -0.39 is 12.0 Å². The smallest absolute Gasteiger partial charge is 0.338 e. The zero-order valence-electron chi connectivity index (χ0n) is 20.4. The van der Waals surface area contributed by atoms with Crippen LogP contribution in [0.2, 0.25) is 10.0 Å². The lowest BCUT2D eigenvalue weighted by Gasteiger charge is -2.25. The van der Waals surface area contributed by atoms with Gasteiger partial charge in [-0.25, -0.2) is 9.79 Å². The number of halogens is 2. The molecule has 1 atom stereocenters. The Hall–Kier alpha value is -2.87. The van der Waals surface area contributed by atoms with Crippen molar-refractivity contribution in [1.82, 2.24) is 4.57 Å². The van der Waals surface area contributed by atoms with Gasteiger partial charge in [-0.2, -0.15) is 0 Å². The number of carbonyl (C=O) groups is 1. The Morgan fingerprint density at radius 3 is 2.58 bits per heavy atom. The third-order valence-electron chi connectivity index (χ3n) is 5.65. The highest BCUT2D eigenvalue weighted by Gasteiger charge is 2.33. The number of esters is 1. The Labute approximate surface area is 223 Å². The van der Waals surface area contributed by atoms with E-state index in [9.17, 15) is 9.59 Å². The number of methoxy groups -OCH3 is 1. The summed E-state index contributed by atoms with van der Waals surface area (Å²) < 4.78 is 13.0. The van der Waals surface area contributed by atoms with Crippen molar-refractivity contribution in [3.63, 3.8) is 0 Å². The first kappa shape index (κ1) is 26.2. The minimum Gasteiger partial charge on any atom is -0.491 e. The van der Waals surface area contributed by atoms with Crippen LogP contribution in [0, 0.1) is 5.92 Å². The number of fused-ring (bicyclic) bond motifs is 1. The van der Waals surface area contributed by atoms with Crippen LogP contribution in [0.5, 0.6) is 5.75 Å². The first-order valence-corrected chi connectivity index (χ1v) is 13.1. The highest BCUT2D eigenvalue weighted by molar-refractivity contribution is 7.07. The van der Waals surface area contributed by atoms with Gasteiger partial charge in [0, 0.05) is 10.6 Å². The molecule has 36 heavy (non-hydrogen) atoms. The third-order valence-corrected chi connectivity index (χ3v) is 7.13. The minimum atomic E-state index is -0.661. The van der Waals surface area contributed by atoms with E-state index in [1.807, 2.05) is 51.1 Å². The predicted molar refractivity (Wildman–Crippen MR) is 144 cm³/mol. The molecular weight excluding hydrogens is 519 g/mol. The first-order chi connectivity index (χ1) is 17.2. The molecule has 1 aliphatic rings. The van der Waals surface area contributed by atoms with E-state index in [0.717, 1.165) is 5.56 Å². The Morgan fingerprint density at radius 1 is 1.22 bits per heavy atom. The summed E-state index contributed by atoms with van der Waals surface area (Å²) in [7, 11) is 1.33. The summed E-state index contributed by atoms with van der Waals surface area (Å²) in [5, 5.41) is 0.796. The molecule has 4 rings (SSSR count). The zero-order valence-corrected chi connectivity index (χ0v) is 22.7. The Balaban J connectivity index is 1.97. The van der Waals surface area contributed by atoms with Crippen molar-refractivity contribution in [2.24, 2.45) is 10.9 Å². The quantitative estimate of drug-likeness (QED) is 0.386. The number of thiazole rings is 1. The molecule has 3 aromatic rings. The molecule has 2 aromatic carbocycles. The van der Waals surface area contributed by atoms with Gasteiger partial charge in [-0.15, -0.1) is 0 Å². The monoisotopic (exact) mass is 544 g/mol. The fourth-order valence-corrected chi connectivity index (χ4v) is 5.62. The molecule has 0 bridgehead atoms. The fourth-order valence-electron chi connectivity index (χ4n) is 4.05. The number of carbonyl (C=O) groups excluding carboxylic acids is 1. The van der Waals surface area contributed by atoms with Crippen LogP contribution in [0.1, 0.15) is 44.4 Å². The first-order valence-electron chi connectivity index (χ1n) is 11.5. The molecular formula is C27H26Cl2N2O4S. The molecule has 6 nitrogen and oxygen atoms in total. The highest BCUT2D eigenvalue weighted by Crippen LogP contribution is 2.34. The summed E-state index contributed by atoms with van der Waals surface area (Å²) in [4.78, 5) is 31.9. The van der Waals surface area contributed by atoms with Gasteiger partial charge in [0.25, 0.3) is 5.56 Å². The van der Waals surface area contributed by atoms with Crippen LogP contribution in [-0.4, -0.2) is 24.3 Å². The van der Waals surface area contributed by atoms with Crippen LogP contribution in [0.25, 0.3) is 6.08 Å². The Kier molecular flexibility index (Phi) is 8.03. The van der Waals surface area contributed by atoms with E-state index in [2.05, 4.69) is 4.99 Å². The van der Waals surface area contributed by atoms with E-state index >= 15 is 0 Å². The summed E-state index contributed by atoms with van der Waals surface area (Å²) in [6, 6.07) is 12.1. The second kappa shape index (κ2) is 11.0. The lowest BCUT2D eigenvalue weighted by Crippen LogP contribution is -2.40. The lowest BCUT2D eigenvalue weighted by atomic mass is 9.95. The van der Waals surface area contributed by atoms with Gasteiger partial charge >= 0.3 is 5.97 Å². The summed E-state index contributed by atoms with van der Waals surface area (Å²) in [6.45, 7) is 6.45. The van der Waals surface area contributed by atoms with E-state index in [1.54, 1.807) is 22.8 Å². The van der Waals surface area contributed by atoms with Gasteiger partial charge in [-0.05, 0) is 36.1 Å². The Bertz CT molecular complexity index is 1510. The molecule has 0 N–H and O–H groups in total. The highest BCUT2D eigenvalue weighted by atomic mass is 35.5. The van der Waals surface area contributed by atoms with Crippen LogP contribution >= 0.6 is 34.5 Å². The number of ether oxygens (including phenoxy) is 2. The number of hydrogen-bond donors (Lipinski definition) is 0. The van der Waals surface area contributed by atoms with Gasteiger partial charge in [0.15, 0.2) is 4.80 Å². The number of benzene rings is 2. The van der Waals surface area contributed by atoms with Gasteiger partial charge in [-0.3, -0.25) is 9.36 Å². The number of hydrogen-bond acceptors (Lipinski definition) is 6. The zero-order chi connectivity index (χ0) is 26.0. The molecule has 0 aliphatic carbocycles. The van der Waals surface area contributed by atoms with Crippen molar-refractivity contribution in [1.29, 1.82) is 0 Å². The summed E-state index contributed by atoms with van der Waals surface area (Å²) in [6.07, 6.45) is 2.22. The van der Waals surface area contributed by atoms with Gasteiger partial charge in [0.1, 0.15) is 5.75 Å². The SMILES string of the molecule is CCC1=C(C(=O)OC)[C@@H](c2ccccc2)n2c(s/c(=C/c3cc(Cl)cc(Cl)c3OCC(C)C)c2=O)=N1. The fraction of sp³-hybridized carbons (Fsp3) is 0.296. The summed E-state index contributed by atoms with van der Waals surface area (Å²) in [5.41, 5.74) is 2.05. The van der Waals surface area contributed by atoms with E-state index in [0.29, 0.717) is 55.0 Å². The van der Waals surface area contributed by atoms with E-state index in [1.165, 1.54) is 18.4 Å². The van der Waals surface area contributed by atoms with Crippen molar-refractivity contribution >= 4 is 46.6 Å². The number of nitrogens with zero attached hydrogens (tertiary/aromatic N) is 2. The molecule has 0 radical (unpaired) electrons. The molecule has 0 unspecified atom stereocenters. The lowest BCUT2D eigenvalue weighted by molar-refractivity contribution is -0.136. The van der Waals surface area contributed by atoms with Crippen molar-refractivity contribution in [2.45, 2.75) is 33.2 Å². The van der Waals surface area contributed by atoms with Crippen LogP contribution in [0.4, 0.5) is 0 Å². The molecule has 188 valence electrons. The third kappa shape index (κ3) is 5.14. The second-order valence-electron chi connectivity index (χ2n) is 8.71. The number of aromatic nitrogens is 1. The van der Waals surface area contributed by atoms with Gasteiger partial charge in [0.2, 0.25) is 0 Å². The van der Waals surface area contributed by atoms with Crippen molar-refractivity contribution in [2.75, 3.05) is 13.7 Å². The maximum Gasteiger partial charge on any atom is 0.338 e. The maximum atomic E-state index is 13.8.